The smallest absolute Gasteiger partial charge is 0.291 e. The molecule has 0 aliphatic heterocycles. The van der Waals surface area contributed by atoms with E-state index in [1.54, 1.807) is 30.3 Å². The number of sulfone groups is 1. The molecule has 0 bridgehead atoms. The van der Waals surface area contributed by atoms with E-state index in [-0.39, 0.29) is 34.5 Å². The Morgan fingerprint density at radius 2 is 1.93 bits per heavy atom. The lowest BCUT2D eigenvalue weighted by atomic mass is 10.3. The predicted molar refractivity (Wildman–Crippen MR) is 108 cm³/mol. The number of hydrogen-bond acceptors (Lipinski definition) is 6. The number of halogens is 1. The number of carbonyl (C=O) groups is 1. The van der Waals surface area contributed by atoms with Gasteiger partial charge in [0, 0.05) is 0 Å². The number of ether oxygens (including phenoxy) is 1. The number of anilines is 1. The summed E-state index contributed by atoms with van der Waals surface area (Å²) in [5.74, 6) is -0.154. The lowest BCUT2D eigenvalue weighted by Crippen LogP contribution is -2.12. The fourth-order valence-corrected chi connectivity index (χ4v) is 3.54. The maximum absolute atomic E-state index is 12.4. The van der Waals surface area contributed by atoms with Crippen LogP contribution in [0.2, 0.25) is 5.02 Å². The van der Waals surface area contributed by atoms with Crippen molar-refractivity contribution in [1.29, 1.82) is 0 Å². The Morgan fingerprint density at radius 3 is 2.66 bits per heavy atom. The second-order valence-corrected chi connectivity index (χ2v) is 8.71. The third kappa shape index (κ3) is 4.90. The molecule has 0 saturated heterocycles. The highest BCUT2D eigenvalue weighted by molar-refractivity contribution is 7.91. The Bertz CT molecular complexity index is 1140. The van der Waals surface area contributed by atoms with Crippen LogP contribution in [0.3, 0.4) is 0 Å². The normalized spacial score (nSPS) is 11.2. The first-order valence-corrected chi connectivity index (χ1v) is 10.7. The molecule has 0 saturated carbocycles. The van der Waals surface area contributed by atoms with Gasteiger partial charge in [0.1, 0.15) is 23.9 Å². The van der Waals surface area contributed by atoms with Crippen molar-refractivity contribution in [3.63, 3.8) is 0 Å². The van der Waals surface area contributed by atoms with E-state index in [0.717, 1.165) is 0 Å². The van der Waals surface area contributed by atoms with Crippen LogP contribution in [0, 0.1) is 0 Å². The Balaban J connectivity index is 1.71. The number of phenolic OH excluding ortho intramolecular Hbond substituents is 1. The highest BCUT2D eigenvalue weighted by Crippen LogP contribution is 2.28. The second kappa shape index (κ2) is 8.59. The molecule has 1 amide bonds. The summed E-state index contributed by atoms with van der Waals surface area (Å²) in [6.07, 6.45) is 0. The molecule has 1 aromatic heterocycles. The minimum atomic E-state index is -3.48. The predicted octanol–water partition coefficient (Wildman–Crippen LogP) is 4.26. The molecule has 0 atom stereocenters. The molecule has 0 radical (unpaired) electrons. The van der Waals surface area contributed by atoms with Gasteiger partial charge < -0.3 is 19.6 Å². The van der Waals surface area contributed by atoms with Gasteiger partial charge in [-0.3, -0.25) is 4.79 Å². The van der Waals surface area contributed by atoms with Crippen LogP contribution in [-0.2, 0) is 16.4 Å². The van der Waals surface area contributed by atoms with Crippen LogP contribution in [0.5, 0.6) is 11.5 Å². The van der Waals surface area contributed by atoms with Gasteiger partial charge in [0.05, 0.1) is 21.4 Å². The molecule has 9 heteroatoms. The van der Waals surface area contributed by atoms with Gasteiger partial charge in [-0.25, -0.2) is 8.42 Å². The van der Waals surface area contributed by atoms with E-state index in [2.05, 4.69) is 5.32 Å². The molecule has 2 aromatic carbocycles. The molecule has 1 heterocycles. The summed E-state index contributed by atoms with van der Waals surface area (Å²) in [6, 6.07) is 13.7. The van der Waals surface area contributed by atoms with Crippen LogP contribution in [-0.4, -0.2) is 25.2 Å². The molecular weight excluding hydrogens is 418 g/mol. The average Bonchev–Trinajstić information content (AvgIpc) is 3.18. The average molecular weight is 436 g/mol. The Morgan fingerprint density at radius 1 is 1.17 bits per heavy atom. The SMILES string of the molecule is CCS(=O)(=O)c1ccc(O)c(NC(=O)c2ccc(COc3ccccc3Cl)o2)c1. The molecule has 0 spiro atoms. The highest BCUT2D eigenvalue weighted by Gasteiger charge is 2.17. The first kappa shape index (κ1) is 20.8. The van der Waals surface area contributed by atoms with Crippen molar-refractivity contribution in [2.24, 2.45) is 0 Å². The number of hydrogen-bond donors (Lipinski definition) is 2. The van der Waals surface area contributed by atoms with Crippen LogP contribution in [0.4, 0.5) is 5.69 Å². The number of aromatic hydroxyl groups is 1. The maximum atomic E-state index is 12.4. The van der Waals surface area contributed by atoms with E-state index in [1.165, 1.54) is 31.2 Å². The van der Waals surface area contributed by atoms with E-state index in [4.69, 9.17) is 20.8 Å². The molecule has 0 aliphatic carbocycles. The fraction of sp³-hybridized carbons (Fsp3) is 0.150. The van der Waals surface area contributed by atoms with Gasteiger partial charge >= 0.3 is 0 Å². The number of furan rings is 1. The van der Waals surface area contributed by atoms with Crippen molar-refractivity contribution in [1.82, 2.24) is 0 Å². The lowest BCUT2D eigenvalue weighted by molar-refractivity contribution is 0.0992. The number of carbonyl (C=O) groups excluding carboxylic acids is 1. The van der Waals surface area contributed by atoms with Crippen molar-refractivity contribution < 1.29 is 27.5 Å². The lowest BCUT2D eigenvalue weighted by Gasteiger charge is -2.09. The molecule has 152 valence electrons. The molecule has 2 N–H and O–H groups in total. The maximum Gasteiger partial charge on any atom is 0.291 e. The number of para-hydroxylation sites is 1. The van der Waals surface area contributed by atoms with E-state index in [9.17, 15) is 18.3 Å². The van der Waals surface area contributed by atoms with E-state index < -0.39 is 15.7 Å². The number of amides is 1. The standard InChI is InChI=1S/C20H18ClNO6S/c1-2-29(25,26)14-8-9-17(23)16(11-14)22-20(24)19-10-7-13(28-19)12-27-18-6-4-3-5-15(18)21/h3-11,23H,2,12H2,1H3,(H,22,24). The van der Waals surface area contributed by atoms with Crippen LogP contribution in [0.15, 0.2) is 63.9 Å². The van der Waals surface area contributed by atoms with Gasteiger partial charge in [0.15, 0.2) is 15.6 Å². The van der Waals surface area contributed by atoms with Crippen molar-refractivity contribution >= 4 is 33.0 Å². The van der Waals surface area contributed by atoms with E-state index in [1.807, 2.05) is 0 Å². The van der Waals surface area contributed by atoms with Crippen molar-refractivity contribution in [2.75, 3.05) is 11.1 Å². The quantitative estimate of drug-likeness (QED) is 0.537. The van der Waals surface area contributed by atoms with Crippen LogP contribution in [0.25, 0.3) is 0 Å². The minimum Gasteiger partial charge on any atom is -0.506 e. The summed E-state index contributed by atoms with van der Waals surface area (Å²) < 4.78 is 35.0. The summed E-state index contributed by atoms with van der Waals surface area (Å²) in [6.45, 7) is 1.57. The largest absolute Gasteiger partial charge is 0.506 e. The summed E-state index contributed by atoms with van der Waals surface area (Å²) in [4.78, 5) is 12.4. The second-order valence-electron chi connectivity index (χ2n) is 6.02. The minimum absolute atomic E-state index is 0.00127. The van der Waals surface area contributed by atoms with Gasteiger partial charge in [0.2, 0.25) is 0 Å². The third-order valence-electron chi connectivity index (χ3n) is 4.05. The van der Waals surface area contributed by atoms with Gasteiger partial charge in [-0.15, -0.1) is 0 Å². The molecule has 3 aromatic rings. The van der Waals surface area contributed by atoms with Crippen molar-refractivity contribution in [3.05, 3.63) is 71.1 Å². The van der Waals surface area contributed by atoms with Crippen molar-refractivity contribution in [2.45, 2.75) is 18.4 Å². The number of nitrogens with one attached hydrogen (secondary N) is 1. The third-order valence-corrected chi connectivity index (χ3v) is 6.09. The Labute approximate surface area is 172 Å². The number of phenols is 1. The zero-order chi connectivity index (χ0) is 21.0. The van der Waals surface area contributed by atoms with Crippen LogP contribution in [0.1, 0.15) is 23.2 Å². The molecule has 7 nitrogen and oxygen atoms in total. The van der Waals surface area contributed by atoms with E-state index >= 15 is 0 Å². The van der Waals surface area contributed by atoms with E-state index in [0.29, 0.717) is 16.5 Å². The topological polar surface area (TPSA) is 106 Å². The summed E-state index contributed by atoms with van der Waals surface area (Å²) in [7, 11) is -3.48. The first-order valence-electron chi connectivity index (χ1n) is 8.63. The summed E-state index contributed by atoms with van der Waals surface area (Å²) in [5, 5.41) is 12.8. The first-order chi connectivity index (χ1) is 13.8. The summed E-state index contributed by atoms with van der Waals surface area (Å²) >= 11 is 6.02. The molecule has 0 unspecified atom stereocenters. The van der Waals surface area contributed by atoms with Gasteiger partial charge in [-0.05, 0) is 42.5 Å². The molecule has 3 rings (SSSR count). The van der Waals surface area contributed by atoms with Gasteiger partial charge in [0.25, 0.3) is 5.91 Å². The zero-order valence-corrected chi connectivity index (χ0v) is 17.0. The Kier molecular flexibility index (Phi) is 6.14. The molecular formula is C20H18ClNO6S. The van der Waals surface area contributed by atoms with Gasteiger partial charge in [-0.2, -0.15) is 0 Å². The monoisotopic (exact) mass is 435 g/mol. The molecule has 0 aliphatic rings. The fourth-order valence-electron chi connectivity index (χ4n) is 2.45. The zero-order valence-electron chi connectivity index (χ0n) is 15.4. The van der Waals surface area contributed by atoms with Crippen LogP contribution < -0.4 is 10.1 Å². The number of rotatable bonds is 7. The van der Waals surface area contributed by atoms with Crippen LogP contribution >= 0.6 is 11.6 Å². The number of benzene rings is 2. The molecule has 0 fully saturated rings. The molecule has 29 heavy (non-hydrogen) atoms. The van der Waals surface area contributed by atoms with Crippen molar-refractivity contribution in [3.8, 4) is 11.5 Å². The van der Waals surface area contributed by atoms with Gasteiger partial charge in [-0.1, -0.05) is 30.7 Å². The Hall–Kier alpha value is -2.97. The highest BCUT2D eigenvalue weighted by atomic mass is 35.5. The summed E-state index contributed by atoms with van der Waals surface area (Å²) in [5.41, 5.74) is -0.0326.